The Balaban J connectivity index is 1.79. The van der Waals surface area contributed by atoms with Crippen molar-refractivity contribution in [2.75, 3.05) is 6.54 Å². The summed E-state index contributed by atoms with van der Waals surface area (Å²) in [7, 11) is 0. The molecule has 2 aliphatic rings. The average molecular weight is 393 g/mol. The van der Waals surface area contributed by atoms with E-state index < -0.39 is 29.6 Å². The molecule has 1 fully saturated rings. The van der Waals surface area contributed by atoms with Gasteiger partial charge in [0.2, 0.25) is 11.8 Å². The second-order valence-electron chi connectivity index (χ2n) is 8.06. The minimum Gasteiger partial charge on any atom is -0.452 e. The molecule has 2 N–H and O–H groups in total. The van der Waals surface area contributed by atoms with Crippen LogP contribution in [-0.4, -0.2) is 52.8 Å². The Morgan fingerprint density at radius 3 is 2.18 bits per heavy atom. The molecule has 0 unspecified atom stereocenters. The average Bonchev–Trinajstić information content (AvgIpc) is 2.82. The van der Waals surface area contributed by atoms with Crippen molar-refractivity contribution in [1.29, 1.82) is 0 Å². The molecule has 0 spiro atoms. The minimum atomic E-state index is -1.19. The maximum absolute atomic E-state index is 12.3. The smallest absolute Gasteiger partial charge is 0.321 e. The highest BCUT2D eigenvalue weighted by molar-refractivity contribution is 6.05. The number of allylic oxidation sites excluding steroid dienone is 2. The molecule has 5 amide bonds. The van der Waals surface area contributed by atoms with Gasteiger partial charge in [0.1, 0.15) is 0 Å². The SMILES string of the molecule is C[C@H](OC(=O)CCN1C(=O)[C@H]2CC=CC[C@H]2C1=O)C(=O)NC(=O)NC(C)(C)C. The van der Waals surface area contributed by atoms with E-state index in [0.29, 0.717) is 12.8 Å². The zero-order valence-electron chi connectivity index (χ0n) is 16.6. The molecule has 0 radical (unpaired) electrons. The van der Waals surface area contributed by atoms with E-state index in [4.69, 9.17) is 4.74 Å². The van der Waals surface area contributed by atoms with E-state index in [2.05, 4.69) is 10.6 Å². The van der Waals surface area contributed by atoms with E-state index in [1.807, 2.05) is 12.2 Å². The molecule has 2 rings (SSSR count). The Kier molecular flexibility index (Phi) is 6.58. The van der Waals surface area contributed by atoms with Gasteiger partial charge in [0.05, 0.1) is 18.3 Å². The highest BCUT2D eigenvalue weighted by Gasteiger charge is 2.47. The molecule has 3 atom stereocenters. The predicted molar refractivity (Wildman–Crippen MR) is 98.7 cm³/mol. The number of urea groups is 1. The number of carbonyl (C=O) groups is 5. The van der Waals surface area contributed by atoms with Crippen LogP contribution in [0, 0.1) is 11.8 Å². The first kappa shape index (κ1) is 21.6. The van der Waals surface area contributed by atoms with Gasteiger partial charge < -0.3 is 10.1 Å². The Morgan fingerprint density at radius 2 is 1.68 bits per heavy atom. The number of amides is 5. The molecule has 154 valence electrons. The normalized spacial score (nSPS) is 22.5. The zero-order valence-corrected chi connectivity index (χ0v) is 16.6. The lowest BCUT2D eigenvalue weighted by Crippen LogP contribution is -2.50. The Labute approximate surface area is 163 Å². The van der Waals surface area contributed by atoms with Gasteiger partial charge in [-0.1, -0.05) is 12.2 Å². The predicted octanol–water partition coefficient (Wildman–Crippen LogP) is 0.884. The first-order chi connectivity index (χ1) is 13.0. The number of hydrogen-bond donors (Lipinski definition) is 2. The number of imide groups is 2. The van der Waals surface area contributed by atoms with Crippen LogP contribution in [0.4, 0.5) is 4.79 Å². The second-order valence-corrected chi connectivity index (χ2v) is 8.06. The monoisotopic (exact) mass is 393 g/mol. The van der Waals surface area contributed by atoms with E-state index in [9.17, 15) is 24.0 Å². The number of rotatable bonds is 5. The van der Waals surface area contributed by atoms with E-state index in [0.717, 1.165) is 4.90 Å². The lowest BCUT2D eigenvalue weighted by Gasteiger charge is -2.21. The third kappa shape index (κ3) is 5.40. The molecule has 28 heavy (non-hydrogen) atoms. The van der Waals surface area contributed by atoms with E-state index in [1.54, 1.807) is 20.8 Å². The minimum absolute atomic E-state index is 0.0810. The third-order valence-corrected chi connectivity index (χ3v) is 4.54. The molecule has 0 aromatic heterocycles. The van der Waals surface area contributed by atoms with Crippen LogP contribution in [-0.2, 0) is 23.9 Å². The molecule has 0 bridgehead atoms. The Morgan fingerprint density at radius 1 is 1.14 bits per heavy atom. The van der Waals surface area contributed by atoms with Crippen molar-refractivity contribution >= 4 is 29.7 Å². The van der Waals surface area contributed by atoms with Gasteiger partial charge in [-0.25, -0.2) is 4.79 Å². The number of esters is 1. The van der Waals surface area contributed by atoms with Crippen LogP contribution in [0.3, 0.4) is 0 Å². The summed E-state index contributed by atoms with van der Waals surface area (Å²) in [5.74, 6) is -2.72. The van der Waals surface area contributed by atoms with Crippen molar-refractivity contribution < 1.29 is 28.7 Å². The third-order valence-electron chi connectivity index (χ3n) is 4.54. The number of likely N-dealkylation sites (tertiary alicyclic amines) is 1. The van der Waals surface area contributed by atoms with Crippen molar-refractivity contribution in [3.8, 4) is 0 Å². The van der Waals surface area contributed by atoms with Crippen molar-refractivity contribution in [3.63, 3.8) is 0 Å². The molecule has 1 aliphatic carbocycles. The number of ether oxygens (including phenoxy) is 1. The molecular formula is C19H27N3O6. The van der Waals surface area contributed by atoms with E-state index in [1.165, 1.54) is 6.92 Å². The summed E-state index contributed by atoms with van der Waals surface area (Å²) in [6, 6.07) is -0.690. The highest BCUT2D eigenvalue weighted by Crippen LogP contribution is 2.34. The lowest BCUT2D eigenvalue weighted by molar-refractivity contribution is -0.155. The van der Waals surface area contributed by atoms with Crippen LogP contribution in [0.1, 0.15) is 47.0 Å². The summed E-state index contributed by atoms with van der Waals surface area (Å²) in [4.78, 5) is 61.4. The van der Waals surface area contributed by atoms with Crippen LogP contribution in [0.15, 0.2) is 12.2 Å². The van der Waals surface area contributed by atoms with Gasteiger partial charge in [-0.3, -0.25) is 29.4 Å². The maximum atomic E-state index is 12.3. The molecule has 0 aromatic carbocycles. The van der Waals surface area contributed by atoms with Gasteiger partial charge >= 0.3 is 12.0 Å². The number of fused-ring (bicyclic) bond motifs is 1. The number of nitrogens with zero attached hydrogens (tertiary/aromatic N) is 1. The zero-order chi connectivity index (χ0) is 21.1. The molecule has 1 aliphatic heterocycles. The lowest BCUT2D eigenvalue weighted by atomic mass is 9.85. The van der Waals surface area contributed by atoms with Crippen LogP contribution in [0.5, 0.6) is 0 Å². The van der Waals surface area contributed by atoms with Gasteiger partial charge in [-0.05, 0) is 40.5 Å². The number of carbonyl (C=O) groups excluding carboxylic acids is 5. The summed E-state index contributed by atoms with van der Waals surface area (Å²) in [6.45, 7) is 6.53. The van der Waals surface area contributed by atoms with Gasteiger partial charge in [0, 0.05) is 12.1 Å². The first-order valence-corrected chi connectivity index (χ1v) is 9.32. The van der Waals surface area contributed by atoms with Crippen LogP contribution in [0.2, 0.25) is 0 Å². The molecule has 1 heterocycles. The molecule has 9 nitrogen and oxygen atoms in total. The van der Waals surface area contributed by atoms with Crippen LogP contribution < -0.4 is 10.6 Å². The number of nitrogens with one attached hydrogen (secondary N) is 2. The Bertz CT molecular complexity index is 683. The van der Waals surface area contributed by atoms with Gasteiger partial charge in [-0.15, -0.1) is 0 Å². The summed E-state index contributed by atoms with van der Waals surface area (Å²) in [6.07, 6.45) is 3.44. The molecule has 0 aromatic rings. The topological polar surface area (TPSA) is 122 Å². The molecule has 0 saturated carbocycles. The quantitative estimate of drug-likeness (QED) is 0.406. The van der Waals surface area contributed by atoms with Gasteiger partial charge in [0.25, 0.3) is 5.91 Å². The molecule has 9 heteroatoms. The summed E-state index contributed by atoms with van der Waals surface area (Å²) < 4.78 is 5.00. The van der Waals surface area contributed by atoms with Gasteiger partial charge in [0.15, 0.2) is 6.10 Å². The van der Waals surface area contributed by atoms with Crippen molar-refractivity contribution in [2.24, 2.45) is 11.8 Å². The largest absolute Gasteiger partial charge is 0.452 e. The van der Waals surface area contributed by atoms with Crippen LogP contribution >= 0.6 is 0 Å². The van der Waals surface area contributed by atoms with Crippen molar-refractivity contribution in [3.05, 3.63) is 12.2 Å². The second kappa shape index (κ2) is 8.53. The fraction of sp³-hybridized carbons (Fsp3) is 0.632. The van der Waals surface area contributed by atoms with Gasteiger partial charge in [-0.2, -0.15) is 0 Å². The highest BCUT2D eigenvalue weighted by atomic mass is 16.5. The summed E-state index contributed by atoms with van der Waals surface area (Å²) in [5.41, 5.74) is -0.522. The summed E-state index contributed by atoms with van der Waals surface area (Å²) in [5, 5.41) is 4.65. The summed E-state index contributed by atoms with van der Waals surface area (Å²) >= 11 is 0. The van der Waals surface area contributed by atoms with E-state index >= 15 is 0 Å². The Hall–Kier alpha value is -2.71. The molecule has 1 saturated heterocycles. The maximum Gasteiger partial charge on any atom is 0.321 e. The number of hydrogen-bond acceptors (Lipinski definition) is 6. The first-order valence-electron chi connectivity index (χ1n) is 9.32. The van der Waals surface area contributed by atoms with E-state index in [-0.39, 0.29) is 36.6 Å². The molecular weight excluding hydrogens is 366 g/mol. The van der Waals surface area contributed by atoms with Crippen molar-refractivity contribution in [2.45, 2.75) is 58.6 Å². The van der Waals surface area contributed by atoms with Crippen LogP contribution in [0.25, 0.3) is 0 Å². The fourth-order valence-electron chi connectivity index (χ4n) is 3.19. The standard InChI is InChI=1S/C19H27N3O6/c1-11(15(24)20-18(27)21-19(2,3)4)28-14(23)9-10-22-16(25)12-7-5-6-8-13(12)17(22)26/h5-6,11-13H,7-10H2,1-4H3,(H2,20,21,24,27)/t11-,12-,13+/m0/s1. The fourth-order valence-corrected chi connectivity index (χ4v) is 3.19. The van der Waals surface area contributed by atoms with Crippen molar-refractivity contribution in [1.82, 2.24) is 15.5 Å².